The third kappa shape index (κ3) is 4.46. The predicted octanol–water partition coefficient (Wildman–Crippen LogP) is -0.706. The molecule has 0 radical (unpaired) electrons. The van der Waals surface area contributed by atoms with Gasteiger partial charge < -0.3 is 31.8 Å². The average Bonchev–Trinajstić information content (AvgIpc) is 3.14. The van der Waals surface area contributed by atoms with Crippen molar-refractivity contribution in [1.82, 2.24) is 15.2 Å². The number of primary amides is 1. The summed E-state index contributed by atoms with van der Waals surface area (Å²) in [5, 5.41) is 25.0. The second kappa shape index (κ2) is 9.05. The maximum Gasteiger partial charge on any atom is 0.404 e. The van der Waals surface area contributed by atoms with E-state index in [0.29, 0.717) is 5.57 Å². The minimum absolute atomic E-state index is 0.0409. The van der Waals surface area contributed by atoms with Crippen LogP contribution in [0.4, 0.5) is 9.93 Å². The molecule has 1 aromatic rings. The second-order valence-corrected chi connectivity index (χ2v) is 8.09. The van der Waals surface area contributed by atoms with Crippen LogP contribution in [0.3, 0.4) is 0 Å². The molecular formula is C16H16N6O7S2. The van der Waals surface area contributed by atoms with Crippen LogP contribution in [0, 0.1) is 0 Å². The van der Waals surface area contributed by atoms with Gasteiger partial charge in [0.05, 0.1) is 0 Å². The molecule has 15 heteroatoms. The third-order valence-electron chi connectivity index (χ3n) is 4.21. The van der Waals surface area contributed by atoms with Gasteiger partial charge in [0.1, 0.15) is 29.4 Å². The molecule has 1 aromatic heterocycles. The number of hydrogen-bond acceptors (Lipinski definition) is 11. The number of fused-ring (bicyclic) bond motifs is 1. The molecule has 0 unspecified atom stereocenters. The standard InChI is InChI=1S/C16H16N6O7S2/c17-15-19-7(5-31-15)8(21-28)11(23)20-9-12(24)22-10(14(25)26)6(4-30-13(9)22)2-1-3-29-16(18)27/h1-2,5,9,13,28H,3-4H2,(H2,17,19)(H2,18,27)(H,20,23)(H,25,26)/b2-1+,21-8-/t9-,13-/m1/s1. The van der Waals surface area contributed by atoms with Crippen LogP contribution in [-0.4, -0.2) is 73.6 Å². The molecule has 164 valence electrons. The number of nitrogens with zero attached hydrogens (tertiary/aromatic N) is 3. The summed E-state index contributed by atoms with van der Waals surface area (Å²) < 4.78 is 4.55. The molecule has 0 spiro atoms. The number of allylic oxidation sites excluding steroid dienone is 1. The number of carbonyl (C=O) groups is 4. The van der Waals surface area contributed by atoms with Crippen LogP contribution < -0.4 is 16.8 Å². The Balaban J connectivity index is 1.74. The van der Waals surface area contributed by atoms with Crippen LogP contribution in [0.5, 0.6) is 0 Å². The monoisotopic (exact) mass is 468 g/mol. The lowest BCUT2D eigenvalue weighted by atomic mass is 10.0. The summed E-state index contributed by atoms with van der Waals surface area (Å²) >= 11 is 2.27. The number of nitrogens with one attached hydrogen (secondary N) is 1. The highest BCUT2D eigenvalue weighted by atomic mass is 32.2. The highest BCUT2D eigenvalue weighted by Crippen LogP contribution is 2.40. The number of aromatic nitrogens is 1. The molecule has 0 aliphatic carbocycles. The highest BCUT2D eigenvalue weighted by Gasteiger charge is 2.54. The molecule has 3 rings (SSSR count). The first-order valence-corrected chi connectivity index (χ1v) is 10.4. The number of amides is 3. The van der Waals surface area contributed by atoms with Gasteiger partial charge in [-0.05, 0) is 11.6 Å². The van der Waals surface area contributed by atoms with Gasteiger partial charge in [0.2, 0.25) is 0 Å². The highest BCUT2D eigenvalue weighted by molar-refractivity contribution is 8.00. The zero-order chi connectivity index (χ0) is 22.7. The first kappa shape index (κ1) is 22.1. The van der Waals surface area contributed by atoms with Gasteiger partial charge in [-0.3, -0.25) is 14.5 Å². The number of hydrogen-bond donors (Lipinski definition) is 5. The number of ether oxygens (including phenoxy) is 1. The van der Waals surface area contributed by atoms with E-state index in [1.54, 1.807) is 0 Å². The molecule has 0 aromatic carbocycles. The summed E-state index contributed by atoms with van der Waals surface area (Å²) in [6.07, 6.45) is 1.85. The van der Waals surface area contributed by atoms with Crippen molar-refractivity contribution in [1.29, 1.82) is 0 Å². The minimum Gasteiger partial charge on any atom is -0.477 e. The fourth-order valence-corrected chi connectivity index (χ4v) is 4.78. The van der Waals surface area contributed by atoms with Gasteiger partial charge >= 0.3 is 12.1 Å². The summed E-state index contributed by atoms with van der Waals surface area (Å²) in [4.78, 5) is 52.3. The second-order valence-electron chi connectivity index (χ2n) is 6.09. The van der Waals surface area contributed by atoms with Crippen molar-refractivity contribution in [2.75, 3.05) is 18.1 Å². The van der Waals surface area contributed by atoms with E-state index in [4.69, 9.17) is 16.7 Å². The molecular weight excluding hydrogens is 452 g/mol. The number of anilines is 1. The maximum atomic E-state index is 12.6. The predicted molar refractivity (Wildman–Crippen MR) is 109 cm³/mol. The quantitative estimate of drug-likeness (QED) is 0.147. The largest absolute Gasteiger partial charge is 0.477 e. The summed E-state index contributed by atoms with van der Waals surface area (Å²) in [5.74, 6) is -2.60. The molecule has 0 saturated carbocycles. The fourth-order valence-electron chi connectivity index (χ4n) is 2.91. The number of nitrogen functional groups attached to an aromatic ring is 1. The number of carboxylic acids is 1. The van der Waals surface area contributed by atoms with Crippen LogP contribution in [0.25, 0.3) is 0 Å². The molecule has 2 aliphatic rings. The van der Waals surface area contributed by atoms with Gasteiger partial charge in [-0.15, -0.1) is 23.1 Å². The molecule has 2 atom stereocenters. The van der Waals surface area contributed by atoms with Gasteiger partial charge in [0, 0.05) is 11.1 Å². The van der Waals surface area contributed by atoms with E-state index in [1.165, 1.54) is 29.3 Å². The van der Waals surface area contributed by atoms with Crippen LogP contribution in [0.1, 0.15) is 5.69 Å². The average molecular weight is 468 g/mol. The van der Waals surface area contributed by atoms with Crippen LogP contribution >= 0.6 is 23.1 Å². The van der Waals surface area contributed by atoms with Crippen molar-refractivity contribution < 1.29 is 34.2 Å². The van der Waals surface area contributed by atoms with Crippen LogP contribution in [0.2, 0.25) is 0 Å². The smallest absolute Gasteiger partial charge is 0.404 e. The van der Waals surface area contributed by atoms with Gasteiger partial charge in [-0.25, -0.2) is 14.6 Å². The van der Waals surface area contributed by atoms with Crippen molar-refractivity contribution in [2.24, 2.45) is 10.9 Å². The van der Waals surface area contributed by atoms with Gasteiger partial charge in [-0.1, -0.05) is 11.2 Å². The number of oxime groups is 1. The Morgan fingerprint density at radius 3 is 2.77 bits per heavy atom. The molecule has 0 bridgehead atoms. The normalized spacial score (nSPS) is 21.0. The SMILES string of the molecule is NC(=O)OC/C=C/C1=C(C(=O)O)N2C(=O)[C@@H](NC(=O)/C(=N\O)c3csc(N)n3)[C@H]2SC1. The van der Waals surface area contributed by atoms with Crippen LogP contribution in [0.15, 0.2) is 34.0 Å². The first-order valence-electron chi connectivity index (χ1n) is 8.48. The Bertz CT molecular complexity index is 1030. The number of nitrogens with two attached hydrogens (primary N) is 2. The van der Waals surface area contributed by atoms with Gasteiger partial charge in [0.15, 0.2) is 10.8 Å². The van der Waals surface area contributed by atoms with E-state index in [9.17, 15) is 24.3 Å². The number of carboxylic acid groups (broad SMARTS) is 1. The molecule has 13 nitrogen and oxygen atoms in total. The Kier molecular flexibility index (Phi) is 6.45. The molecule has 1 saturated heterocycles. The summed E-state index contributed by atoms with van der Waals surface area (Å²) in [7, 11) is 0. The number of β-lactam (4-membered cyclic amide) rings is 1. The molecule has 7 N–H and O–H groups in total. The fraction of sp³-hybridized carbons (Fsp3) is 0.250. The summed E-state index contributed by atoms with van der Waals surface area (Å²) in [6.45, 7) is -0.156. The number of thiazole rings is 1. The lowest BCUT2D eigenvalue weighted by molar-refractivity contribution is -0.150. The van der Waals surface area contributed by atoms with Crippen molar-refractivity contribution in [3.05, 3.63) is 34.5 Å². The van der Waals surface area contributed by atoms with Gasteiger partial charge in [-0.2, -0.15) is 0 Å². The zero-order valence-corrected chi connectivity index (χ0v) is 17.2. The summed E-state index contributed by atoms with van der Waals surface area (Å²) in [6, 6.07) is -1.02. The molecule has 3 amide bonds. The van der Waals surface area contributed by atoms with Crippen molar-refractivity contribution in [3.63, 3.8) is 0 Å². The maximum absolute atomic E-state index is 12.6. The molecule has 3 heterocycles. The van der Waals surface area contributed by atoms with Crippen molar-refractivity contribution >= 4 is 57.8 Å². The van der Waals surface area contributed by atoms with E-state index in [1.807, 2.05) is 0 Å². The van der Waals surface area contributed by atoms with E-state index >= 15 is 0 Å². The molecule has 1 fully saturated rings. The van der Waals surface area contributed by atoms with E-state index in [-0.39, 0.29) is 28.9 Å². The Labute approximate surface area is 182 Å². The van der Waals surface area contributed by atoms with Crippen molar-refractivity contribution in [3.8, 4) is 0 Å². The zero-order valence-electron chi connectivity index (χ0n) is 15.5. The third-order valence-corrected chi connectivity index (χ3v) is 6.18. The number of carbonyl (C=O) groups excluding carboxylic acids is 3. The lowest BCUT2D eigenvalue weighted by Crippen LogP contribution is -2.71. The van der Waals surface area contributed by atoms with E-state index in [2.05, 4.69) is 20.2 Å². The minimum atomic E-state index is -1.32. The van der Waals surface area contributed by atoms with E-state index < -0.39 is 41.0 Å². The first-order chi connectivity index (χ1) is 14.7. The number of thioether (sulfide) groups is 1. The Morgan fingerprint density at radius 2 is 2.19 bits per heavy atom. The number of rotatable bonds is 7. The Morgan fingerprint density at radius 1 is 1.45 bits per heavy atom. The summed E-state index contributed by atoms with van der Waals surface area (Å²) in [5.41, 5.74) is 10.1. The van der Waals surface area contributed by atoms with Gasteiger partial charge in [0.25, 0.3) is 11.8 Å². The Hall–Kier alpha value is -3.59. The van der Waals surface area contributed by atoms with Crippen molar-refractivity contribution in [2.45, 2.75) is 11.4 Å². The topological polar surface area (TPSA) is 211 Å². The lowest BCUT2D eigenvalue weighted by Gasteiger charge is -2.49. The van der Waals surface area contributed by atoms with E-state index in [0.717, 1.165) is 16.2 Å². The number of aliphatic carboxylic acids is 1. The molecule has 2 aliphatic heterocycles. The molecule has 31 heavy (non-hydrogen) atoms. The van der Waals surface area contributed by atoms with Crippen LogP contribution in [-0.2, 0) is 19.1 Å².